The number of nitrogens with zero attached hydrogens (tertiary/aromatic N) is 2. The number of Topliss-reactive ketones (excluding diaryl/α,β-unsaturated/α-hetero) is 1. The van der Waals surface area contributed by atoms with E-state index >= 15 is 0 Å². The van der Waals surface area contributed by atoms with E-state index < -0.39 is 17.7 Å². The van der Waals surface area contributed by atoms with E-state index in [1.54, 1.807) is 48.5 Å². The van der Waals surface area contributed by atoms with Crippen LogP contribution in [-0.4, -0.2) is 60.9 Å². The van der Waals surface area contributed by atoms with Gasteiger partial charge in [0.15, 0.2) is 0 Å². The van der Waals surface area contributed by atoms with Crippen LogP contribution in [0, 0.1) is 0 Å². The molecule has 1 heterocycles. The van der Waals surface area contributed by atoms with Gasteiger partial charge in [-0.05, 0) is 43.9 Å². The van der Waals surface area contributed by atoms with Crippen molar-refractivity contribution in [3.63, 3.8) is 0 Å². The zero-order valence-corrected chi connectivity index (χ0v) is 17.3. The van der Waals surface area contributed by atoms with Crippen molar-refractivity contribution in [3.05, 3.63) is 70.3 Å². The van der Waals surface area contributed by atoms with Crippen molar-refractivity contribution in [3.8, 4) is 5.75 Å². The summed E-state index contributed by atoms with van der Waals surface area (Å²) in [6.45, 7) is 0.927. The first kappa shape index (κ1) is 20.9. The van der Waals surface area contributed by atoms with E-state index in [1.807, 2.05) is 19.0 Å². The van der Waals surface area contributed by atoms with E-state index in [0.29, 0.717) is 35.0 Å². The van der Waals surface area contributed by atoms with Crippen LogP contribution in [0.4, 0.5) is 0 Å². The summed E-state index contributed by atoms with van der Waals surface area (Å²) in [7, 11) is 5.31. The van der Waals surface area contributed by atoms with Crippen molar-refractivity contribution in [1.29, 1.82) is 0 Å². The Bertz CT molecular complexity index is 954. The molecule has 3 rings (SSSR count). The predicted molar refractivity (Wildman–Crippen MR) is 112 cm³/mol. The molecule has 0 unspecified atom stereocenters. The smallest absolute Gasteiger partial charge is 0.295 e. The molecule has 1 amide bonds. The second-order valence-corrected chi connectivity index (χ2v) is 7.52. The average molecular weight is 415 g/mol. The Hall–Kier alpha value is -2.83. The van der Waals surface area contributed by atoms with Gasteiger partial charge in [0.05, 0.1) is 18.7 Å². The van der Waals surface area contributed by atoms with Crippen molar-refractivity contribution in [1.82, 2.24) is 9.80 Å². The molecule has 7 heteroatoms. The number of aliphatic hydroxyl groups is 1. The monoisotopic (exact) mass is 414 g/mol. The number of likely N-dealkylation sites (N-methyl/N-ethyl adjacent to an activating group) is 1. The Morgan fingerprint density at radius 1 is 1.17 bits per heavy atom. The molecule has 2 aromatic carbocycles. The van der Waals surface area contributed by atoms with Crippen molar-refractivity contribution < 1.29 is 19.4 Å². The summed E-state index contributed by atoms with van der Waals surface area (Å²) < 4.78 is 5.21. The summed E-state index contributed by atoms with van der Waals surface area (Å²) >= 11 is 6.01. The molecule has 0 saturated carbocycles. The van der Waals surface area contributed by atoms with Gasteiger partial charge in [0, 0.05) is 23.7 Å². The van der Waals surface area contributed by atoms with E-state index in [4.69, 9.17) is 16.3 Å². The van der Waals surface area contributed by atoms with Crippen LogP contribution in [0.15, 0.2) is 54.1 Å². The lowest BCUT2D eigenvalue weighted by Crippen LogP contribution is -2.35. The Morgan fingerprint density at radius 3 is 2.48 bits per heavy atom. The maximum atomic E-state index is 12.9. The topological polar surface area (TPSA) is 70.1 Å². The van der Waals surface area contributed by atoms with Gasteiger partial charge in [-0.1, -0.05) is 35.9 Å². The van der Waals surface area contributed by atoms with Crippen LogP contribution in [0.2, 0.25) is 5.02 Å². The summed E-state index contributed by atoms with van der Waals surface area (Å²) in [5, 5.41) is 11.5. The van der Waals surface area contributed by atoms with Gasteiger partial charge in [-0.2, -0.15) is 0 Å². The van der Waals surface area contributed by atoms with Crippen LogP contribution in [-0.2, 0) is 9.59 Å². The summed E-state index contributed by atoms with van der Waals surface area (Å²) in [4.78, 5) is 29.1. The van der Waals surface area contributed by atoms with Crippen LogP contribution >= 0.6 is 11.6 Å². The normalized spacial score (nSPS) is 18.5. The predicted octanol–water partition coefficient (Wildman–Crippen LogP) is 3.33. The minimum atomic E-state index is -0.705. The lowest BCUT2D eigenvalue weighted by Gasteiger charge is -2.26. The molecular formula is C22H23ClN2O4. The van der Waals surface area contributed by atoms with Gasteiger partial charge in [0.2, 0.25) is 0 Å². The van der Waals surface area contributed by atoms with Crippen molar-refractivity contribution in [2.24, 2.45) is 0 Å². The first-order valence-electron chi connectivity index (χ1n) is 9.16. The fraction of sp³-hybridized carbons (Fsp3) is 0.273. The molecule has 0 aromatic heterocycles. The van der Waals surface area contributed by atoms with Crippen LogP contribution in [0.25, 0.3) is 5.76 Å². The molecule has 0 spiro atoms. The van der Waals surface area contributed by atoms with Crippen molar-refractivity contribution in [2.75, 3.05) is 34.3 Å². The maximum absolute atomic E-state index is 12.9. The Morgan fingerprint density at radius 2 is 1.86 bits per heavy atom. The summed E-state index contributed by atoms with van der Waals surface area (Å²) in [6.07, 6.45) is 0. The molecule has 29 heavy (non-hydrogen) atoms. The minimum Gasteiger partial charge on any atom is -0.507 e. The van der Waals surface area contributed by atoms with Crippen molar-refractivity contribution >= 4 is 29.1 Å². The number of halogens is 1. The molecule has 0 bridgehead atoms. The fourth-order valence-corrected chi connectivity index (χ4v) is 3.46. The van der Waals surface area contributed by atoms with E-state index in [1.165, 1.54) is 12.0 Å². The zero-order chi connectivity index (χ0) is 21.1. The van der Waals surface area contributed by atoms with Gasteiger partial charge in [-0.25, -0.2) is 0 Å². The summed E-state index contributed by atoms with van der Waals surface area (Å²) in [5.74, 6) is -1.02. The quantitative estimate of drug-likeness (QED) is 0.446. The number of rotatable bonds is 6. The second-order valence-electron chi connectivity index (χ2n) is 7.08. The molecule has 0 radical (unpaired) electrons. The third kappa shape index (κ3) is 4.28. The van der Waals surface area contributed by atoms with E-state index in [9.17, 15) is 14.7 Å². The van der Waals surface area contributed by atoms with Gasteiger partial charge in [0.25, 0.3) is 11.7 Å². The fourth-order valence-electron chi connectivity index (χ4n) is 3.34. The molecule has 6 nitrogen and oxygen atoms in total. The number of ketones is 1. The maximum Gasteiger partial charge on any atom is 0.295 e. The van der Waals surface area contributed by atoms with Gasteiger partial charge in [-0.3, -0.25) is 9.59 Å². The van der Waals surface area contributed by atoms with Crippen LogP contribution in [0.1, 0.15) is 17.2 Å². The zero-order valence-electron chi connectivity index (χ0n) is 16.6. The minimum absolute atomic E-state index is 0.0596. The van der Waals surface area contributed by atoms with E-state index in [2.05, 4.69) is 0 Å². The number of benzene rings is 2. The second kappa shape index (κ2) is 8.68. The summed E-state index contributed by atoms with van der Waals surface area (Å²) in [5.41, 5.74) is 1.18. The third-order valence-electron chi connectivity index (χ3n) is 4.86. The van der Waals surface area contributed by atoms with Gasteiger partial charge in [0.1, 0.15) is 11.5 Å². The van der Waals surface area contributed by atoms with Gasteiger partial charge >= 0.3 is 0 Å². The lowest BCUT2D eigenvalue weighted by molar-refractivity contribution is -0.140. The number of methoxy groups -OCH3 is 1. The van der Waals surface area contributed by atoms with Crippen LogP contribution < -0.4 is 4.74 Å². The third-order valence-corrected chi connectivity index (χ3v) is 5.11. The Kier molecular flexibility index (Phi) is 6.25. The molecule has 1 fully saturated rings. The largest absolute Gasteiger partial charge is 0.507 e. The molecule has 1 aliphatic heterocycles. The molecule has 152 valence electrons. The number of amides is 1. The number of aliphatic hydroxyl groups excluding tert-OH is 1. The highest BCUT2D eigenvalue weighted by atomic mass is 35.5. The first-order valence-corrected chi connectivity index (χ1v) is 9.54. The molecule has 1 aliphatic rings. The number of carbonyl (C=O) groups is 2. The Labute approximate surface area is 174 Å². The molecule has 1 N–H and O–H groups in total. The number of ether oxygens (including phenoxy) is 1. The SMILES string of the molecule is COc1cccc(C(O)=C2C(=O)C(=O)N(CCN(C)C)[C@@H]2c2ccc(Cl)cc2)c1. The number of hydrogen-bond acceptors (Lipinski definition) is 5. The lowest BCUT2D eigenvalue weighted by atomic mass is 9.95. The summed E-state index contributed by atoms with van der Waals surface area (Å²) in [6, 6.07) is 13.0. The molecular weight excluding hydrogens is 392 g/mol. The standard InChI is InChI=1S/C22H23ClN2O4/c1-24(2)11-12-25-19(14-7-9-16(23)10-8-14)18(21(27)22(25)28)20(26)15-5-4-6-17(13-15)29-3/h4-10,13,19,26H,11-12H2,1-3H3/t19-/m1/s1. The van der Waals surface area contributed by atoms with Gasteiger partial charge < -0.3 is 19.6 Å². The van der Waals surface area contributed by atoms with Crippen LogP contribution in [0.5, 0.6) is 5.75 Å². The molecule has 0 aliphatic carbocycles. The van der Waals surface area contributed by atoms with Crippen molar-refractivity contribution in [2.45, 2.75) is 6.04 Å². The highest BCUT2D eigenvalue weighted by Crippen LogP contribution is 2.39. The first-order chi connectivity index (χ1) is 13.8. The molecule has 2 aromatic rings. The highest BCUT2D eigenvalue weighted by Gasteiger charge is 2.45. The number of hydrogen-bond donors (Lipinski definition) is 1. The van der Waals surface area contributed by atoms with Gasteiger partial charge in [-0.15, -0.1) is 0 Å². The number of likely N-dealkylation sites (tertiary alicyclic amines) is 1. The van der Waals surface area contributed by atoms with Crippen LogP contribution in [0.3, 0.4) is 0 Å². The average Bonchev–Trinajstić information content (AvgIpc) is 2.97. The molecule has 1 saturated heterocycles. The Balaban J connectivity index is 2.14. The number of carbonyl (C=O) groups excluding carboxylic acids is 2. The molecule has 1 atom stereocenters. The highest BCUT2D eigenvalue weighted by molar-refractivity contribution is 6.46. The van der Waals surface area contributed by atoms with E-state index in [-0.39, 0.29) is 11.3 Å². The van der Waals surface area contributed by atoms with E-state index in [0.717, 1.165) is 0 Å².